The van der Waals surface area contributed by atoms with E-state index in [2.05, 4.69) is 50.3 Å². The molecule has 0 saturated heterocycles. The highest BCUT2D eigenvalue weighted by Crippen LogP contribution is 2.26. The number of aromatic nitrogens is 2. The van der Waals surface area contributed by atoms with E-state index in [0.29, 0.717) is 0 Å². The molecule has 0 aliphatic rings. The van der Waals surface area contributed by atoms with Crippen molar-refractivity contribution in [2.75, 3.05) is 12.4 Å². The van der Waals surface area contributed by atoms with Gasteiger partial charge in [0.25, 0.3) is 0 Å². The van der Waals surface area contributed by atoms with E-state index in [0.717, 1.165) is 27.4 Å². The lowest BCUT2D eigenvalue weighted by molar-refractivity contribution is 1.09. The first kappa shape index (κ1) is 12.0. The van der Waals surface area contributed by atoms with Crippen LogP contribution in [0.4, 0.5) is 5.82 Å². The first-order chi connectivity index (χ1) is 8.11. The summed E-state index contributed by atoms with van der Waals surface area (Å²) in [5, 5.41) is 3.06. The summed E-state index contributed by atoms with van der Waals surface area (Å²) in [5.74, 6) is 1.56. The number of benzene rings is 1. The SMILES string of the molecule is CNc1nc(-c2cccc(C)c2)nc(C)c1Br. The van der Waals surface area contributed by atoms with Crippen LogP contribution in [0.3, 0.4) is 0 Å². The zero-order valence-corrected chi connectivity index (χ0v) is 11.7. The fraction of sp³-hybridized carbons (Fsp3) is 0.231. The second kappa shape index (κ2) is 4.84. The molecular formula is C13H14BrN3. The Hall–Kier alpha value is -1.42. The molecule has 0 spiro atoms. The number of nitrogens with one attached hydrogen (secondary N) is 1. The van der Waals surface area contributed by atoms with Gasteiger partial charge in [-0.25, -0.2) is 9.97 Å². The Morgan fingerprint density at radius 2 is 1.94 bits per heavy atom. The summed E-state index contributed by atoms with van der Waals surface area (Å²) in [6, 6.07) is 8.19. The van der Waals surface area contributed by atoms with Gasteiger partial charge in [0.2, 0.25) is 0 Å². The minimum Gasteiger partial charge on any atom is -0.372 e. The lowest BCUT2D eigenvalue weighted by Gasteiger charge is -2.08. The van der Waals surface area contributed by atoms with E-state index in [1.54, 1.807) is 0 Å². The van der Waals surface area contributed by atoms with E-state index in [4.69, 9.17) is 0 Å². The predicted octanol–water partition coefficient (Wildman–Crippen LogP) is 3.56. The number of hydrogen-bond acceptors (Lipinski definition) is 3. The molecule has 0 saturated carbocycles. The van der Waals surface area contributed by atoms with Crippen LogP contribution >= 0.6 is 15.9 Å². The molecule has 0 amide bonds. The van der Waals surface area contributed by atoms with Crippen LogP contribution in [0.15, 0.2) is 28.7 Å². The van der Waals surface area contributed by atoms with Gasteiger partial charge in [-0.05, 0) is 35.8 Å². The van der Waals surface area contributed by atoms with Gasteiger partial charge in [0, 0.05) is 12.6 Å². The number of hydrogen-bond donors (Lipinski definition) is 1. The van der Waals surface area contributed by atoms with Crippen molar-refractivity contribution in [3.63, 3.8) is 0 Å². The van der Waals surface area contributed by atoms with Crippen LogP contribution in [-0.2, 0) is 0 Å². The highest BCUT2D eigenvalue weighted by molar-refractivity contribution is 9.10. The van der Waals surface area contributed by atoms with E-state index < -0.39 is 0 Å². The first-order valence-corrected chi connectivity index (χ1v) is 6.20. The van der Waals surface area contributed by atoms with Gasteiger partial charge < -0.3 is 5.32 Å². The minimum atomic E-state index is 0.749. The number of aryl methyl sites for hydroxylation is 2. The molecule has 0 fully saturated rings. The largest absolute Gasteiger partial charge is 0.372 e. The van der Waals surface area contributed by atoms with Crippen molar-refractivity contribution < 1.29 is 0 Å². The Labute approximate surface area is 109 Å². The number of anilines is 1. The molecule has 0 aliphatic carbocycles. The van der Waals surface area contributed by atoms with E-state index in [-0.39, 0.29) is 0 Å². The Balaban J connectivity index is 2.56. The lowest BCUT2D eigenvalue weighted by Crippen LogP contribution is -2.00. The van der Waals surface area contributed by atoms with Crippen molar-refractivity contribution in [2.45, 2.75) is 13.8 Å². The molecular weight excluding hydrogens is 278 g/mol. The number of rotatable bonds is 2. The zero-order valence-electron chi connectivity index (χ0n) is 10.1. The maximum absolute atomic E-state index is 4.49. The Kier molecular flexibility index (Phi) is 3.43. The first-order valence-electron chi connectivity index (χ1n) is 5.40. The van der Waals surface area contributed by atoms with Crippen LogP contribution in [0, 0.1) is 13.8 Å². The van der Waals surface area contributed by atoms with Crippen molar-refractivity contribution in [3.05, 3.63) is 40.0 Å². The fourth-order valence-corrected chi connectivity index (χ4v) is 2.01. The van der Waals surface area contributed by atoms with Gasteiger partial charge in [-0.1, -0.05) is 23.8 Å². The maximum atomic E-state index is 4.49. The predicted molar refractivity (Wildman–Crippen MR) is 74.2 cm³/mol. The molecule has 0 unspecified atom stereocenters. The molecule has 1 heterocycles. The van der Waals surface area contributed by atoms with E-state index in [1.807, 2.05) is 26.1 Å². The van der Waals surface area contributed by atoms with Crippen molar-refractivity contribution in [2.24, 2.45) is 0 Å². The number of halogens is 1. The van der Waals surface area contributed by atoms with Crippen LogP contribution in [-0.4, -0.2) is 17.0 Å². The molecule has 0 atom stereocenters. The summed E-state index contributed by atoms with van der Waals surface area (Å²) in [7, 11) is 1.85. The van der Waals surface area contributed by atoms with Crippen LogP contribution < -0.4 is 5.32 Å². The molecule has 0 bridgehead atoms. The fourth-order valence-electron chi connectivity index (χ4n) is 1.64. The summed E-state index contributed by atoms with van der Waals surface area (Å²) in [5.41, 5.74) is 3.18. The maximum Gasteiger partial charge on any atom is 0.161 e. The third-order valence-electron chi connectivity index (χ3n) is 2.53. The third-order valence-corrected chi connectivity index (χ3v) is 3.48. The summed E-state index contributed by atoms with van der Waals surface area (Å²) >= 11 is 3.47. The molecule has 3 nitrogen and oxygen atoms in total. The van der Waals surface area contributed by atoms with Crippen molar-refractivity contribution in [1.29, 1.82) is 0 Å². The summed E-state index contributed by atoms with van der Waals surface area (Å²) in [6.07, 6.45) is 0. The third kappa shape index (κ3) is 2.47. The molecule has 4 heteroatoms. The summed E-state index contributed by atoms with van der Waals surface area (Å²) in [6.45, 7) is 4.03. The van der Waals surface area contributed by atoms with Crippen LogP contribution in [0.25, 0.3) is 11.4 Å². The second-order valence-electron chi connectivity index (χ2n) is 3.91. The van der Waals surface area contributed by atoms with Gasteiger partial charge in [-0.3, -0.25) is 0 Å². The van der Waals surface area contributed by atoms with E-state index in [9.17, 15) is 0 Å². The van der Waals surface area contributed by atoms with Crippen molar-refractivity contribution in [1.82, 2.24) is 9.97 Å². The van der Waals surface area contributed by atoms with Gasteiger partial charge in [0.1, 0.15) is 5.82 Å². The lowest BCUT2D eigenvalue weighted by atomic mass is 10.1. The van der Waals surface area contributed by atoms with Crippen LogP contribution in [0.5, 0.6) is 0 Å². The Morgan fingerprint density at radius 3 is 2.59 bits per heavy atom. The van der Waals surface area contributed by atoms with Crippen molar-refractivity contribution >= 4 is 21.7 Å². The molecule has 0 aliphatic heterocycles. The zero-order chi connectivity index (χ0) is 12.4. The van der Waals surface area contributed by atoms with Gasteiger partial charge in [-0.2, -0.15) is 0 Å². The molecule has 88 valence electrons. The average molecular weight is 292 g/mol. The summed E-state index contributed by atoms with van der Waals surface area (Å²) < 4.78 is 0.913. The van der Waals surface area contributed by atoms with Gasteiger partial charge in [0.05, 0.1) is 10.2 Å². The molecule has 2 aromatic rings. The molecule has 2 rings (SSSR count). The van der Waals surface area contributed by atoms with Gasteiger partial charge in [-0.15, -0.1) is 0 Å². The van der Waals surface area contributed by atoms with E-state index in [1.165, 1.54) is 5.56 Å². The van der Waals surface area contributed by atoms with E-state index >= 15 is 0 Å². The molecule has 1 aromatic heterocycles. The smallest absolute Gasteiger partial charge is 0.161 e. The standard InChI is InChI=1S/C13H14BrN3/c1-8-5-4-6-10(7-8)12-16-9(2)11(14)13(15-3)17-12/h4-7H,1-3H3,(H,15,16,17). The average Bonchev–Trinajstić information content (AvgIpc) is 2.32. The minimum absolute atomic E-state index is 0.749. The highest BCUT2D eigenvalue weighted by Gasteiger charge is 2.09. The van der Waals surface area contributed by atoms with Crippen LogP contribution in [0.2, 0.25) is 0 Å². The topological polar surface area (TPSA) is 37.8 Å². The Bertz CT molecular complexity index is 552. The van der Waals surface area contributed by atoms with Gasteiger partial charge in [0.15, 0.2) is 5.82 Å². The second-order valence-corrected chi connectivity index (χ2v) is 4.71. The molecule has 1 N–H and O–H groups in total. The molecule has 0 radical (unpaired) electrons. The highest BCUT2D eigenvalue weighted by atomic mass is 79.9. The molecule has 1 aromatic carbocycles. The number of nitrogens with zero attached hydrogens (tertiary/aromatic N) is 2. The Morgan fingerprint density at radius 1 is 1.18 bits per heavy atom. The monoisotopic (exact) mass is 291 g/mol. The van der Waals surface area contributed by atoms with Crippen molar-refractivity contribution in [3.8, 4) is 11.4 Å². The summed E-state index contributed by atoms with van der Waals surface area (Å²) in [4.78, 5) is 8.99. The normalized spacial score (nSPS) is 10.4. The quantitative estimate of drug-likeness (QED) is 0.919. The van der Waals surface area contributed by atoms with Crippen LogP contribution in [0.1, 0.15) is 11.3 Å². The molecule has 17 heavy (non-hydrogen) atoms. The van der Waals surface area contributed by atoms with Gasteiger partial charge >= 0.3 is 0 Å².